The Labute approximate surface area is 103 Å². The molecular formula is C13H23N3O. The van der Waals surface area contributed by atoms with Crippen LogP contribution in [0.15, 0.2) is 4.52 Å². The van der Waals surface area contributed by atoms with Gasteiger partial charge < -0.3 is 9.84 Å². The second-order valence-corrected chi connectivity index (χ2v) is 4.86. The quantitative estimate of drug-likeness (QED) is 0.773. The molecule has 1 unspecified atom stereocenters. The van der Waals surface area contributed by atoms with Crippen LogP contribution >= 0.6 is 0 Å². The Morgan fingerprint density at radius 3 is 3.00 bits per heavy atom. The van der Waals surface area contributed by atoms with Crippen LogP contribution < -0.4 is 5.32 Å². The number of unbranched alkanes of at least 4 members (excludes halogenated alkanes) is 3. The summed E-state index contributed by atoms with van der Waals surface area (Å²) in [5, 5.41) is 7.53. The summed E-state index contributed by atoms with van der Waals surface area (Å²) in [6.45, 7) is 3.30. The fourth-order valence-electron chi connectivity index (χ4n) is 2.29. The van der Waals surface area contributed by atoms with Gasteiger partial charge in [0.05, 0.1) is 6.04 Å². The highest BCUT2D eigenvalue weighted by atomic mass is 16.5. The summed E-state index contributed by atoms with van der Waals surface area (Å²) in [7, 11) is 0. The number of piperidine rings is 1. The largest absolute Gasteiger partial charge is 0.339 e. The Kier molecular flexibility index (Phi) is 4.98. The zero-order valence-corrected chi connectivity index (χ0v) is 10.7. The van der Waals surface area contributed by atoms with Crippen molar-refractivity contribution in [2.75, 3.05) is 6.54 Å². The highest BCUT2D eigenvalue weighted by Crippen LogP contribution is 2.20. The minimum absolute atomic E-state index is 0.317. The Balaban J connectivity index is 1.78. The summed E-state index contributed by atoms with van der Waals surface area (Å²) in [5.41, 5.74) is 0. The van der Waals surface area contributed by atoms with E-state index in [1.54, 1.807) is 0 Å². The van der Waals surface area contributed by atoms with Crippen LogP contribution in [0.2, 0.25) is 0 Å². The molecule has 2 rings (SSSR count). The molecule has 0 radical (unpaired) electrons. The van der Waals surface area contributed by atoms with Crippen molar-refractivity contribution in [2.45, 2.75) is 64.3 Å². The maximum atomic E-state index is 5.30. The maximum absolute atomic E-state index is 5.30. The molecule has 2 heterocycles. The normalized spacial score (nSPS) is 20.6. The van der Waals surface area contributed by atoms with Gasteiger partial charge >= 0.3 is 0 Å². The van der Waals surface area contributed by atoms with Crippen LogP contribution in [0.25, 0.3) is 0 Å². The van der Waals surface area contributed by atoms with E-state index in [0.717, 1.165) is 37.5 Å². The van der Waals surface area contributed by atoms with Gasteiger partial charge in [-0.25, -0.2) is 0 Å². The summed E-state index contributed by atoms with van der Waals surface area (Å²) >= 11 is 0. The topological polar surface area (TPSA) is 51.0 Å². The first-order valence-electron chi connectivity index (χ1n) is 6.96. The molecule has 1 saturated heterocycles. The predicted molar refractivity (Wildman–Crippen MR) is 66.7 cm³/mol. The zero-order chi connectivity index (χ0) is 11.9. The first kappa shape index (κ1) is 12.6. The molecule has 1 aliphatic heterocycles. The van der Waals surface area contributed by atoms with Gasteiger partial charge in [-0.3, -0.25) is 0 Å². The third-order valence-corrected chi connectivity index (χ3v) is 3.35. The molecule has 1 aromatic heterocycles. The summed E-state index contributed by atoms with van der Waals surface area (Å²) in [6, 6.07) is 0.317. The molecule has 1 N–H and O–H groups in total. The average molecular weight is 237 g/mol. The number of aromatic nitrogens is 2. The molecule has 96 valence electrons. The van der Waals surface area contributed by atoms with E-state index in [0.29, 0.717) is 6.04 Å². The first-order chi connectivity index (χ1) is 8.40. The Morgan fingerprint density at radius 1 is 1.29 bits per heavy atom. The maximum Gasteiger partial charge on any atom is 0.226 e. The summed E-state index contributed by atoms with van der Waals surface area (Å²) in [5.74, 6) is 1.67. The lowest BCUT2D eigenvalue weighted by molar-refractivity contribution is 0.346. The summed E-state index contributed by atoms with van der Waals surface area (Å²) in [6.07, 6.45) is 9.57. The van der Waals surface area contributed by atoms with E-state index >= 15 is 0 Å². The van der Waals surface area contributed by atoms with E-state index < -0.39 is 0 Å². The molecule has 0 amide bonds. The van der Waals surface area contributed by atoms with Crippen molar-refractivity contribution in [3.05, 3.63) is 11.7 Å². The van der Waals surface area contributed by atoms with Gasteiger partial charge in [-0.1, -0.05) is 37.8 Å². The SMILES string of the molecule is CCCCCCc1nc(C2CCCCN2)no1. The Hall–Kier alpha value is -0.900. The number of nitrogens with one attached hydrogen (secondary N) is 1. The predicted octanol–water partition coefficient (Wildman–Crippen LogP) is 3.01. The standard InChI is InChI=1S/C13H23N3O/c1-2-3-4-5-9-12-15-13(16-17-12)11-8-6-7-10-14-11/h11,14H,2-10H2,1H3. The fraction of sp³-hybridized carbons (Fsp3) is 0.846. The molecule has 1 aromatic rings. The van der Waals surface area contributed by atoms with E-state index in [-0.39, 0.29) is 0 Å². The summed E-state index contributed by atoms with van der Waals surface area (Å²) < 4.78 is 5.30. The van der Waals surface area contributed by atoms with Gasteiger partial charge in [-0.2, -0.15) is 4.98 Å². The van der Waals surface area contributed by atoms with E-state index in [4.69, 9.17) is 4.52 Å². The molecule has 0 saturated carbocycles. The number of nitrogens with zero attached hydrogens (tertiary/aromatic N) is 2. The molecule has 0 spiro atoms. The van der Waals surface area contributed by atoms with Gasteiger partial charge in [0, 0.05) is 6.42 Å². The number of hydrogen-bond donors (Lipinski definition) is 1. The molecule has 1 atom stereocenters. The second-order valence-electron chi connectivity index (χ2n) is 4.86. The van der Waals surface area contributed by atoms with Crippen molar-refractivity contribution in [1.29, 1.82) is 0 Å². The molecule has 4 heteroatoms. The smallest absolute Gasteiger partial charge is 0.226 e. The van der Waals surface area contributed by atoms with E-state index in [2.05, 4.69) is 22.4 Å². The van der Waals surface area contributed by atoms with Crippen LogP contribution in [0.4, 0.5) is 0 Å². The van der Waals surface area contributed by atoms with Crippen molar-refractivity contribution >= 4 is 0 Å². The van der Waals surface area contributed by atoms with Gasteiger partial charge in [0.2, 0.25) is 5.89 Å². The zero-order valence-electron chi connectivity index (χ0n) is 10.7. The van der Waals surface area contributed by atoms with Crippen molar-refractivity contribution in [2.24, 2.45) is 0 Å². The molecule has 0 bridgehead atoms. The number of hydrogen-bond acceptors (Lipinski definition) is 4. The monoisotopic (exact) mass is 237 g/mol. The average Bonchev–Trinajstić information content (AvgIpc) is 2.85. The van der Waals surface area contributed by atoms with Crippen LogP contribution in [0.5, 0.6) is 0 Å². The molecule has 0 aliphatic carbocycles. The van der Waals surface area contributed by atoms with Gasteiger partial charge in [0.25, 0.3) is 0 Å². The van der Waals surface area contributed by atoms with Gasteiger partial charge in [0.15, 0.2) is 5.82 Å². The third kappa shape index (κ3) is 3.80. The van der Waals surface area contributed by atoms with Crippen LogP contribution in [0, 0.1) is 0 Å². The van der Waals surface area contributed by atoms with Crippen LogP contribution in [-0.2, 0) is 6.42 Å². The molecule has 17 heavy (non-hydrogen) atoms. The van der Waals surface area contributed by atoms with Crippen LogP contribution in [0.3, 0.4) is 0 Å². The van der Waals surface area contributed by atoms with E-state index in [9.17, 15) is 0 Å². The lowest BCUT2D eigenvalue weighted by Gasteiger charge is -2.19. The first-order valence-corrected chi connectivity index (χ1v) is 6.96. The van der Waals surface area contributed by atoms with Crippen molar-refractivity contribution in [3.8, 4) is 0 Å². The molecular weight excluding hydrogens is 214 g/mol. The van der Waals surface area contributed by atoms with E-state index in [1.807, 2.05) is 0 Å². The number of rotatable bonds is 6. The van der Waals surface area contributed by atoms with Gasteiger partial charge in [-0.15, -0.1) is 0 Å². The molecule has 1 fully saturated rings. The van der Waals surface area contributed by atoms with Gasteiger partial charge in [0.1, 0.15) is 0 Å². The van der Waals surface area contributed by atoms with E-state index in [1.165, 1.54) is 32.1 Å². The molecule has 0 aromatic carbocycles. The van der Waals surface area contributed by atoms with Crippen molar-refractivity contribution < 1.29 is 4.52 Å². The fourth-order valence-corrected chi connectivity index (χ4v) is 2.29. The summed E-state index contributed by atoms with van der Waals surface area (Å²) in [4.78, 5) is 4.49. The Morgan fingerprint density at radius 2 is 2.24 bits per heavy atom. The third-order valence-electron chi connectivity index (χ3n) is 3.35. The van der Waals surface area contributed by atoms with Crippen LogP contribution in [-0.4, -0.2) is 16.7 Å². The van der Waals surface area contributed by atoms with Crippen LogP contribution in [0.1, 0.15) is 69.6 Å². The highest BCUT2D eigenvalue weighted by molar-refractivity contribution is 4.95. The number of aryl methyl sites for hydroxylation is 1. The molecule has 4 nitrogen and oxygen atoms in total. The van der Waals surface area contributed by atoms with Gasteiger partial charge in [-0.05, 0) is 25.8 Å². The Bertz CT molecular complexity index is 318. The molecule has 1 aliphatic rings. The minimum Gasteiger partial charge on any atom is -0.339 e. The second kappa shape index (κ2) is 6.74. The minimum atomic E-state index is 0.317. The van der Waals surface area contributed by atoms with Crippen molar-refractivity contribution in [3.63, 3.8) is 0 Å². The highest BCUT2D eigenvalue weighted by Gasteiger charge is 2.19. The lowest BCUT2D eigenvalue weighted by Crippen LogP contribution is -2.27. The lowest BCUT2D eigenvalue weighted by atomic mass is 10.0. The van der Waals surface area contributed by atoms with Crippen molar-refractivity contribution in [1.82, 2.24) is 15.5 Å².